The van der Waals surface area contributed by atoms with Crippen molar-refractivity contribution in [1.82, 2.24) is 15.2 Å². The molecule has 10 nitrogen and oxygen atoms in total. The molecule has 2 aromatic rings. The molecule has 0 aliphatic heterocycles. The van der Waals surface area contributed by atoms with Gasteiger partial charge in [0.2, 0.25) is 0 Å². The zero-order valence-electron chi connectivity index (χ0n) is 14.8. The number of amides is 1. The number of nitro groups is 1. The molecular formula is C16H21N5O5. The highest BCUT2D eigenvalue weighted by atomic mass is 16.6. The largest absolute Gasteiger partial charge is 0.449 e. The molecule has 0 aromatic carbocycles. The summed E-state index contributed by atoms with van der Waals surface area (Å²) in [5.41, 5.74) is 3.18. The Bertz CT molecular complexity index is 793. The summed E-state index contributed by atoms with van der Waals surface area (Å²) in [4.78, 5) is 21.5. The van der Waals surface area contributed by atoms with Crippen LogP contribution in [0.15, 0.2) is 27.8 Å². The SMILES string of the molecule is CCOC(=O)NN=Cc1cn(CCC(C)C)nc1-c1ccc([N+](=O)[O-])o1. The van der Waals surface area contributed by atoms with Crippen LogP contribution in [-0.4, -0.2) is 33.6 Å². The van der Waals surface area contributed by atoms with Gasteiger partial charge in [0.05, 0.1) is 18.9 Å². The summed E-state index contributed by atoms with van der Waals surface area (Å²) in [5, 5.41) is 19.1. The molecule has 0 saturated carbocycles. The Morgan fingerprint density at radius 1 is 1.54 bits per heavy atom. The van der Waals surface area contributed by atoms with Crippen LogP contribution in [0.3, 0.4) is 0 Å². The van der Waals surface area contributed by atoms with Gasteiger partial charge in [0.25, 0.3) is 0 Å². The van der Waals surface area contributed by atoms with Crippen LogP contribution in [0.5, 0.6) is 0 Å². The molecule has 0 radical (unpaired) electrons. The van der Waals surface area contributed by atoms with Crippen LogP contribution in [0, 0.1) is 16.0 Å². The first kappa shape index (κ1) is 19.2. The van der Waals surface area contributed by atoms with Crippen molar-refractivity contribution < 1.29 is 18.9 Å². The standard InChI is InChI=1S/C16H21N5O5/c1-4-25-16(22)18-17-9-12-10-20(8-7-11(2)3)19-15(12)13-5-6-14(26-13)21(23)24/h5-6,9-11H,4,7-8H2,1-3H3,(H,18,22). The van der Waals surface area contributed by atoms with Gasteiger partial charge in [-0.25, -0.2) is 10.2 Å². The summed E-state index contributed by atoms with van der Waals surface area (Å²) in [7, 11) is 0. The van der Waals surface area contributed by atoms with Crippen LogP contribution in [0.25, 0.3) is 11.5 Å². The molecule has 0 fully saturated rings. The highest BCUT2D eigenvalue weighted by molar-refractivity contribution is 5.88. The number of aryl methyl sites for hydroxylation is 1. The van der Waals surface area contributed by atoms with Crippen molar-refractivity contribution in [2.24, 2.45) is 11.0 Å². The lowest BCUT2D eigenvalue weighted by molar-refractivity contribution is -0.401. The van der Waals surface area contributed by atoms with E-state index in [4.69, 9.17) is 9.15 Å². The van der Waals surface area contributed by atoms with Gasteiger partial charge in [0, 0.05) is 18.3 Å². The third-order valence-electron chi connectivity index (χ3n) is 3.37. The molecule has 2 aromatic heterocycles. The number of carbonyl (C=O) groups excluding carboxylic acids is 1. The van der Waals surface area contributed by atoms with E-state index in [1.54, 1.807) is 17.8 Å². The van der Waals surface area contributed by atoms with E-state index in [-0.39, 0.29) is 18.3 Å². The maximum absolute atomic E-state index is 11.3. The molecule has 0 bridgehead atoms. The van der Waals surface area contributed by atoms with Crippen molar-refractivity contribution in [3.63, 3.8) is 0 Å². The minimum Gasteiger partial charge on any atom is -0.449 e. The van der Waals surface area contributed by atoms with Gasteiger partial charge in [0.1, 0.15) is 10.6 Å². The second-order valence-electron chi connectivity index (χ2n) is 5.86. The molecule has 10 heteroatoms. The lowest BCUT2D eigenvalue weighted by Gasteiger charge is -2.03. The maximum atomic E-state index is 11.3. The number of carbonyl (C=O) groups is 1. The molecule has 2 rings (SSSR count). The number of rotatable bonds is 8. The normalized spacial score (nSPS) is 11.2. The maximum Gasteiger partial charge on any atom is 0.433 e. The summed E-state index contributed by atoms with van der Waals surface area (Å²) in [6, 6.07) is 2.74. The quantitative estimate of drug-likeness (QED) is 0.436. The topological polar surface area (TPSA) is 125 Å². The summed E-state index contributed by atoms with van der Waals surface area (Å²) >= 11 is 0. The Hall–Kier alpha value is -3.17. The highest BCUT2D eigenvalue weighted by Gasteiger charge is 2.18. The molecule has 140 valence electrons. The number of aromatic nitrogens is 2. The van der Waals surface area contributed by atoms with Crippen molar-refractivity contribution in [2.45, 2.75) is 33.7 Å². The fourth-order valence-electron chi connectivity index (χ4n) is 2.10. The molecule has 0 aliphatic carbocycles. The minimum atomic E-state index is -0.675. The van der Waals surface area contributed by atoms with Crippen LogP contribution < -0.4 is 5.43 Å². The Kier molecular flexibility index (Phi) is 6.48. The Morgan fingerprint density at radius 3 is 2.92 bits per heavy atom. The van der Waals surface area contributed by atoms with Crippen LogP contribution in [0.1, 0.15) is 32.8 Å². The monoisotopic (exact) mass is 363 g/mol. The molecule has 26 heavy (non-hydrogen) atoms. The number of furan rings is 1. The smallest absolute Gasteiger partial charge is 0.433 e. The molecule has 0 unspecified atom stereocenters. The van der Waals surface area contributed by atoms with Gasteiger partial charge < -0.3 is 9.15 Å². The Labute approximate surface area is 150 Å². The number of hydrogen-bond acceptors (Lipinski definition) is 7. The van der Waals surface area contributed by atoms with Gasteiger partial charge in [-0.05, 0) is 25.3 Å². The second kappa shape index (κ2) is 8.79. The van der Waals surface area contributed by atoms with E-state index >= 15 is 0 Å². The van der Waals surface area contributed by atoms with Crippen LogP contribution in [-0.2, 0) is 11.3 Å². The molecular weight excluding hydrogens is 342 g/mol. The lowest BCUT2D eigenvalue weighted by atomic mass is 10.1. The molecule has 2 heterocycles. The van der Waals surface area contributed by atoms with Gasteiger partial charge in [-0.1, -0.05) is 13.8 Å². The molecule has 0 aliphatic rings. The number of hydrazone groups is 1. The molecule has 0 saturated heterocycles. The van der Waals surface area contributed by atoms with Crippen LogP contribution in [0.4, 0.5) is 10.7 Å². The summed E-state index contributed by atoms with van der Waals surface area (Å²) in [6.45, 7) is 6.80. The van der Waals surface area contributed by atoms with Crippen LogP contribution >= 0.6 is 0 Å². The zero-order chi connectivity index (χ0) is 19.1. The number of nitrogens with zero attached hydrogens (tertiary/aromatic N) is 4. The summed E-state index contributed by atoms with van der Waals surface area (Å²) in [6.07, 6.45) is 3.37. The average molecular weight is 363 g/mol. The first-order valence-corrected chi connectivity index (χ1v) is 8.18. The Balaban J connectivity index is 2.26. The van der Waals surface area contributed by atoms with Crippen molar-refractivity contribution in [1.29, 1.82) is 0 Å². The van der Waals surface area contributed by atoms with Crippen molar-refractivity contribution in [3.8, 4) is 11.5 Å². The third kappa shape index (κ3) is 5.16. The second-order valence-corrected chi connectivity index (χ2v) is 5.86. The first-order valence-electron chi connectivity index (χ1n) is 8.18. The van der Waals surface area contributed by atoms with Gasteiger partial charge >= 0.3 is 12.0 Å². The Morgan fingerprint density at radius 2 is 2.31 bits per heavy atom. The first-order chi connectivity index (χ1) is 12.4. The average Bonchev–Trinajstić information content (AvgIpc) is 3.20. The summed E-state index contributed by atoms with van der Waals surface area (Å²) < 4.78 is 11.7. The molecule has 1 N–H and O–H groups in total. The molecule has 0 atom stereocenters. The fraction of sp³-hybridized carbons (Fsp3) is 0.438. The third-order valence-corrected chi connectivity index (χ3v) is 3.37. The van der Waals surface area contributed by atoms with Crippen molar-refractivity contribution in [2.75, 3.05) is 6.61 Å². The fourth-order valence-corrected chi connectivity index (χ4v) is 2.10. The van der Waals surface area contributed by atoms with Crippen molar-refractivity contribution >= 4 is 18.2 Å². The number of hydrogen-bond donors (Lipinski definition) is 1. The molecule has 1 amide bonds. The van der Waals surface area contributed by atoms with E-state index in [0.29, 0.717) is 23.7 Å². The summed E-state index contributed by atoms with van der Waals surface area (Å²) in [5.74, 6) is 0.372. The van der Waals surface area contributed by atoms with Gasteiger partial charge in [-0.15, -0.1) is 0 Å². The predicted octanol–water partition coefficient (Wildman–Crippen LogP) is 3.18. The minimum absolute atomic E-state index is 0.232. The van der Waals surface area contributed by atoms with Crippen molar-refractivity contribution in [3.05, 3.63) is 34.0 Å². The van der Waals surface area contributed by atoms with Gasteiger partial charge in [-0.2, -0.15) is 10.2 Å². The highest BCUT2D eigenvalue weighted by Crippen LogP contribution is 2.27. The predicted molar refractivity (Wildman–Crippen MR) is 93.8 cm³/mol. The van der Waals surface area contributed by atoms with E-state index in [9.17, 15) is 14.9 Å². The van der Waals surface area contributed by atoms with E-state index in [0.717, 1.165) is 6.42 Å². The van der Waals surface area contributed by atoms with E-state index in [2.05, 4.69) is 29.5 Å². The van der Waals surface area contributed by atoms with E-state index in [1.807, 2.05) is 0 Å². The van der Waals surface area contributed by atoms with E-state index < -0.39 is 11.0 Å². The van der Waals surface area contributed by atoms with Crippen LogP contribution in [0.2, 0.25) is 0 Å². The number of nitrogens with one attached hydrogen (secondary N) is 1. The molecule has 0 spiro atoms. The van der Waals surface area contributed by atoms with Gasteiger partial charge in [0.15, 0.2) is 5.76 Å². The number of ether oxygens (including phenoxy) is 1. The zero-order valence-corrected chi connectivity index (χ0v) is 14.8. The van der Waals surface area contributed by atoms with E-state index in [1.165, 1.54) is 18.3 Å². The van der Waals surface area contributed by atoms with Gasteiger partial charge in [-0.3, -0.25) is 14.8 Å². The lowest BCUT2D eigenvalue weighted by Crippen LogP contribution is -2.18.